The van der Waals surface area contributed by atoms with Crippen molar-refractivity contribution >= 4 is 0 Å². The van der Waals surface area contributed by atoms with Crippen LogP contribution in [-0.2, 0) is 13.1 Å². The van der Waals surface area contributed by atoms with Gasteiger partial charge < -0.3 is 9.88 Å². The number of nitrogens with zero attached hydrogens (tertiary/aromatic N) is 2. The molecule has 0 aliphatic heterocycles. The predicted octanol–water partition coefficient (Wildman–Crippen LogP) is 2.99. The van der Waals surface area contributed by atoms with E-state index >= 15 is 0 Å². The van der Waals surface area contributed by atoms with Crippen molar-refractivity contribution in [2.75, 3.05) is 6.54 Å². The van der Waals surface area contributed by atoms with Crippen LogP contribution < -0.4 is 5.32 Å². The molecule has 0 fully saturated rings. The van der Waals surface area contributed by atoms with Gasteiger partial charge in [-0.3, -0.25) is 0 Å². The highest BCUT2D eigenvalue weighted by atomic mass is 15.1. The number of hydrogen-bond donors (Lipinski definition) is 1. The minimum atomic E-state index is 0.674. The van der Waals surface area contributed by atoms with Gasteiger partial charge in [0.1, 0.15) is 0 Å². The molecule has 0 radical (unpaired) electrons. The van der Waals surface area contributed by atoms with Crippen molar-refractivity contribution in [3.8, 4) is 0 Å². The molecule has 2 rings (SSSR count). The first-order chi connectivity index (χ1) is 9.15. The van der Waals surface area contributed by atoms with Crippen LogP contribution in [0, 0.1) is 12.8 Å². The average Bonchev–Trinajstić information content (AvgIpc) is 2.76. The Morgan fingerprint density at radius 2 is 2.16 bits per heavy atom. The van der Waals surface area contributed by atoms with Gasteiger partial charge >= 0.3 is 0 Å². The standard InChI is InChI=1S/C16H23N3/c1-13(2)8-17-9-16-10-18-12-19(16)11-15-6-4-5-14(3)7-15/h4-7,10,12-13,17H,8-9,11H2,1-3H3. The van der Waals surface area contributed by atoms with E-state index in [4.69, 9.17) is 0 Å². The monoisotopic (exact) mass is 257 g/mol. The Morgan fingerprint density at radius 1 is 1.32 bits per heavy atom. The Hall–Kier alpha value is -1.61. The lowest BCUT2D eigenvalue weighted by Gasteiger charge is -2.11. The van der Waals surface area contributed by atoms with E-state index < -0.39 is 0 Å². The molecule has 1 aromatic carbocycles. The number of imidazole rings is 1. The topological polar surface area (TPSA) is 29.9 Å². The summed E-state index contributed by atoms with van der Waals surface area (Å²) in [7, 11) is 0. The summed E-state index contributed by atoms with van der Waals surface area (Å²) in [6.07, 6.45) is 3.86. The van der Waals surface area contributed by atoms with Crippen LogP contribution in [0.4, 0.5) is 0 Å². The molecule has 0 unspecified atom stereocenters. The highest BCUT2D eigenvalue weighted by Gasteiger charge is 2.03. The van der Waals surface area contributed by atoms with Crippen molar-refractivity contribution in [3.63, 3.8) is 0 Å². The van der Waals surface area contributed by atoms with Crippen molar-refractivity contribution in [1.82, 2.24) is 14.9 Å². The fourth-order valence-electron chi connectivity index (χ4n) is 2.13. The molecule has 3 heteroatoms. The molecular formula is C16H23N3. The number of nitrogens with one attached hydrogen (secondary N) is 1. The first kappa shape index (κ1) is 13.8. The Kier molecular flexibility index (Phi) is 4.74. The summed E-state index contributed by atoms with van der Waals surface area (Å²) in [5, 5.41) is 3.46. The normalized spacial score (nSPS) is 11.2. The summed E-state index contributed by atoms with van der Waals surface area (Å²) in [4.78, 5) is 4.26. The summed E-state index contributed by atoms with van der Waals surface area (Å²) in [6.45, 7) is 9.37. The van der Waals surface area contributed by atoms with E-state index in [1.807, 2.05) is 12.5 Å². The van der Waals surface area contributed by atoms with Gasteiger partial charge in [-0.05, 0) is 24.9 Å². The zero-order chi connectivity index (χ0) is 13.7. The number of hydrogen-bond acceptors (Lipinski definition) is 2. The van der Waals surface area contributed by atoms with Crippen molar-refractivity contribution in [2.45, 2.75) is 33.9 Å². The fraction of sp³-hybridized carbons (Fsp3) is 0.438. The third-order valence-electron chi connectivity index (χ3n) is 3.09. The third-order valence-corrected chi connectivity index (χ3v) is 3.09. The second kappa shape index (κ2) is 6.53. The quantitative estimate of drug-likeness (QED) is 0.862. The zero-order valence-corrected chi connectivity index (χ0v) is 12.1. The molecule has 1 N–H and O–H groups in total. The number of aromatic nitrogens is 2. The first-order valence-corrected chi connectivity index (χ1v) is 6.90. The van der Waals surface area contributed by atoms with Crippen molar-refractivity contribution < 1.29 is 0 Å². The molecule has 0 saturated heterocycles. The van der Waals surface area contributed by atoms with Crippen LogP contribution in [0.15, 0.2) is 36.8 Å². The highest BCUT2D eigenvalue weighted by Crippen LogP contribution is 2.08. The van der Waals surface area contributed by atoms with Crippen LogP contribution in [-0.4, -0.2) is 16.1 Å². The Bertz CT molecular complexity index is 514. The minimum absolute atomic E-state index is 0.674. The van der Waals surface area contributed by atoms with Gasteiger partial charge in [0.05, 0.1) is 12.0 Å². The van der Waals surface area contributed by atoms with Crippen LogP contribution in [0.2, 0.25) is 0 Å². The maximum absolute atomic E-state index is 4.26. The molecular weight excluding hydrogens is 234 g/mol. The molecule has 102 valence electrons. The van der Waals surface area contributed by atoms with Crippen LogP contribution >= 0.6 is 0 Å². The fourth-order valence-corrected chi connectivity index (χ4v) is 2.13. The van der Waals surface area contributed by atoms with Gasteiger partial charge in [-0.25, -0.2) is 4.98 Å². The molecule has 1 heterocycles. The largest absolute Gasteiger partial charge is 0.329 e. The molecule has 0 aliphatic rings. The number of benzene rings is 1. The number of aryl methyl sites for hydroxylation is 1. The summed E-state index contributed by atoms with van der Waals surface area (Å²) in [5.74, 6) is 0.674. The molecule has 1 aromatic heterocycles. The van der Waals surface area contributed by atoms with Crippen LogP contribution in [0.5, 0.6) is 0 Å². The summed E-state index contributed by atoms with van der Waals surface area (Å²) < 4.78 is 2.21. The molecule has 19 heavy (non-hydrogen) atoms. The summed E-state index contributed by atoms with van der Waals surface area (Å²) in [6, 6.07) is 8.63. The van der Waals surface area contributed by atoms with E-state index in [9.17, 15) is 0 Å². The summed E-state index contributed by atoms with van der Waals surface area (Å²) in [5.41, 5.74) is 3.86. The molecule has 0 saturated carbocycles. The van der Waals surface area contributed by atoms with E-state index in [1.54, 1.807) is 0 Å². The average molecular weight is 257 g/mol. The molecule has 2 aromatic rings. The van der Waals surface area contributed by atoms with Crippen molar-refractivity contribution in [1.29, 1.82) is 0 Å². The lowest BCUT2D eigenvalue weighted by Crippen LogP contribution is -2.20. The first-order valence-electron chi connectivity index (χ1n) is 6.90. The van der Waals surface area contributed by atoms with Gasteiger partial charge in [-0.15, -0.1) is 0 Å². The smallest absolute Gasteiger partial charge is 0.0951 e. The Balaban J connectivity index is 1.99. The number of rotatable bonds is 6. The SMILES string of the molecule is Cc1cccc(Cn2cncc2CNCC(C)C)c1. The predicted molar refractivity (Wildman–Crippen MR) is 79.1 cm³/mol. The highest BCUT2D eigenvalue weighted by molar-refractivity contribution is 5.22. The van der Waals surface area contributed by atoms with Gasteiger partial charge in [0.25, 0.3) is 0 Å². The minimum Gasteiger partial charge on any atom is -0.329 e. The Labute approximate surface area is 115 Å². The lowest BCUT2D eigenvalue weighted by atomic mass is 10.1. The second-order valence-corrected chi connectivity index (χ2v) is 5.53. The molecule has 0 atom stereocenters. The zero-order valence-electron chi connectivity index (χ0n) is 12.1. The van der Waals surface area contributed by atoms with E-state index in [0.29, 0.717) is 5.92 Å². The third kappa shape index (κ3) is 4.21. The molecule has 0 bridgehead atoms. The van der Waals surface area contributed by atoms with Gasteiger partial charge in [0, 0.05) is 19.3 Å². The lowest BCUT2D eigenvalue weighted by molar-refractivity contribution is 0.539. The van der Waals surface area contributed by atoms with Gasteiger partial charge in [-0.2, -0.15) is 0 Å². The van der Waals surface area contributed by atoms with Gasteiger partial charge in [0.15, 0.2) is 0 Å². The molecule has 0 spiro atoms. The van der Waals surface area contributed by atoms with Crippen LogP contribution in [0.3, 0.4) is 0 Å². The van der Waals surface area contributed by atoms with Crippen LogP contribution in [0.25, 0.3) is 0 Å². The molecule has 0 aliphatic carbocycles. The van der Waals surface area contributed by atoms with E-state index in [1.165, 1.54) is 16.8 Å². The van der Waals surface area contributed by atoms with Crippen molar-refractivity contribution in [3.05, 3.63) is 53.6 Å². The molecule has 0 amide bonds. The van der Waals surface area contributed by atoms with Gasteiger partial charge in [-0.1, -0.05) is 43.7 Å². The van der Waals surface area contributed by atoms with Gasteiger partial charge in [0.2, 0.25) is 0 Å². The Morgan fingerprint density at radius 3 is 2.89 bits per heavy atom. The molecule has 3 nitrogen and oxygen atoms in total. The van der Waals surface area contributed by atoms with Crippen molar-refractivity contribution in [2.24, 2.45) is 5.92 Å². The van der Waals surface area contributed by atoms with Crippen LogP contribution in [0.1, 0.15) is 30.7 Å². The maximum Gasteiger partial charge on any atom is 0.0951 e. The maximum atomic E-state index is 4.26. The van der Waals surface area contributed by atoms with E-state index in [-0.39, 0.29) is 0 Å². The second-order valence-electron chi connectivity index (χ2n) is 5.53. The van der Waals surface area contributed by atoms with E-state index in [0.717, 1.165) is 19.6 Å². The van der Waals surface area contributed by atoms with E-state index in [2.05, 4.69) is 59.9 Å². The summed E-state index contributed by atoms with van der Waals surface area (Å²) >= 11 is 0.